The Morgan fingerprint density at radius 1 is 1.25 bits per heavy atom. The second-order valence-electron chi connectivity index (χ2n) is 5.37. The topological polar surface area (TPSA) is 32.6 Å². The number of aliphatic imine (C=N–C) groups is 1. The molecule has 1 aromatic rings. The third-order valence-corrected chi connectivity index (χ3v) is 2.39. The number of phenols is 1. The molecule has 0 bridgehead atoms. The zero-order chi connectivity index (χ0) is 12.3. The lowest BCUT2D eigenvalue weighted by Gasteiger charge is -2.21. The van der Waals surface area contributed by atoms with E-state index in [1.807, 2.05) is 32.0 Å². The van der Waals surface area contributed by atoms with E-state index in [1.165, 1.54) is 0 Å². The number of hydrogen-bond donors (Lipinski definition) is 1. The van der Waals surface area contributed by atoms with Gasteiger partial charge in [0.25, 0.3) is 0 Å². The first-order valence-corrected chi connectivity index (χ1v) is 5.68. The van der Waals surface area contributed by atoms with Crippen molar-refractivity contribution in [1.82, 2.24) is 0 Å². The van der Waals surface area contributed by atoms with Gasteiger partial charge in [0, 0.05) is 17.8 Å². The smallest absolute Gasteiger partial charge is 0.128 e. The first kappa shape index (κ1) is 12.8. The lowest BCUT2D eigenvalue weighted by Crippen LogP contribution is -2.11. The number of nitrogens with zero attached hydrogens (tertiary/aromatic N) is 1. The lowest BCUT2D eigenvalue weighted by molar-refractivity contribution is 0.446. The summed E-state index contributed by atoms with van der Waals surface area (Å²) in [5.41, 5.74) is 1.70. The largest absolute Gasteiger partial charge is 0.507 e. The molecule has 1 rings (SSSR count). The van der Waals surface area contributed by atoms with E-state index >= 15 is 0 Å². The van der Waals surface area contributed by atoms with Crippen molar-refractivity contribution in [2.75, 3.05) is 0 Å². The number of para-hydroxylation sites is 1. The summed E-state index contributed by atoms with van der Waals surface area (Å²) < 4.78 is 0. The van der Waals surface area contributed by atoms with Gasteiger partial charge in [-0.25, -0.2) is 0 Å². The van der Waals surface area contributed by atoms with Gasteiger partial charge in [-0.3, -0.25) is 4.99 Å². The van der Waals surface area contributed by atoms with Crippen LogP contribution < -0.4 is 0 Å². The molecule has 0 saturated heterocycles. The van der Waals surface area contributed by atoms with Crippen molar-refractivity contribution < 1.29 is 5.11 Å². The molecule has 0 aliphatic heterocycles. The molecule has 16 heavy (non-hydrogen) atoms. The zero-order valence-corrected chi connectivity index (χ0v) is 10.8. The Labute approximate surface area is 98.0 Å². The highest BCUT2D eigenvalue weighted by atomic mass is 16.3. The molecule has 0 unspecified atom stereocenters. The number of rotatable bonds is 2. The van der Waals surface area contributed by atoms with Gasteiger partial charge in [0.2, 0.25) is 0 Å². The second kappa shape index (κ2) is 4.69. The maximum Gasteiger partial charge on any atom is 0.128 e. The lowest BCUT2D eigenvalue weighted by atomic mass is 9.85. The Kier molecular flexibility index (Phi) is 3.74. The molecule has 0 fully saturated rings. The van der Waals surface area contributed by atoms with Crippen molar-refractivity contribution >= 4 is 6.21 Å². The molecule has 2 nitrogen and oxygen atoms in total. The van der Waals surface area contributed by atoms with E-state index in [0.29, 0.717) is 5.75 Å². The summed E-state index contributed by atoms with van der Waals surface area (Å²) in [5.74, 6) is 0.347. The minimum Gasteiger partial charge on any atom is -0.507 e. The Morgan fingerprint density at radius 2 is 1.88 bits per heavy atom. The molecule has 0 radical (unpaired) electrons. The Hall–Kier alpha value is -1.31. The van der Waals surface area contributed by atoms with E-state index in [9.17, 15) is 5.11 Å². The molecule has 0 saturated carbocycles. The second-order valence-corrected chi connectivity index (χ2v) is 5.37. The van der Waals surface area contributed by atoms with Gasteiger partial charge in [-0.05, 0) is 30.9 Å². The molecule has 0 aromatic heterocycles. The summed E-state index contributed by atoms with van der Waals surface area (Å²) in [7, 11) is 0. The van der Waals surface area contributed by atoms with Crippen LogP contribution in [0.1, 0.15) is 45.7 Å². The molecule has 2 heteroatoms. The van der Waals surface area contributed by atoms with Crippen LogP contribution in [0.5, 0.6) is 5.75 Å². The van der Waals surface area contributed by atoms with Crippen molar-refractivity contribution in [2.24, 2.45) is 4.99 Å². The van der Waals surface area contributed by atoms with Gasteiger partial charge in [0.1, 0.15) is 5.75 Å². The van der Waals surface area contributed by atoms with Crippen LogP contribution in [0, 0.1) is 0 Å². The first-order valence-electron chi connectivity index (χ1n) is 5.68. The monoisotopic (exact) mass is 219 g/mol. The van der Waals surface area contributed by atoms with E-state index in [4.69, 9.17) is 0 Å². The molecule has 0 aliphatic carbocycles. The predicted molar refractivity (Wildman–Crippen MR) is 69.5 cm³/mol. The molecule has 0 spiro atoms. The van der Waals surface area contributed by atoms with Gasteiger partial charge in [-0.2, -0.15) is 0 Å². The maximum absolute atomic E-state index is 10.1. The van der Waals surface area contributed by atoms with Crippen LogP contribution in [0.2, 0.25) is 0 Å². The van der Waals surface area contributed by atoms with Crippen LogP contribution in [0.3, 0.4) is 0 Å². The van der Waals surface area contributed by atoms with E-state index in [-0.39, 0.29) is 11.5 Å². The van der Waals surface area contributed by atoms with Gasteiger partial charge in [0.05, 0.1) is 0 Å². The normalized spacial score (nSPS) is 12.6. The molecule has 0 amide bonds. The standard InChI is InChI=1S/C14H21NO/c1-10(2)15-9-11-7-6-8-12(13(11)16)14(3,4)5/h6-10,16H,1-5H3. The average molecular weight is 219 g/mol. The van der Waals surface area contributed by atoms with E-state index < -0.39 is 0 Å². The molecular weight excluding hydrogens is 198 g/mol. The zero-order valence-electron chi connectivity index (χ0n) is 10.8. The SMILES string of the molecule is CC(C)N=Cc1cccc(C(C)(C)C)c1O. The number of hydrogen-bond acceptors (Lipinski definition) is 2. The van der Waals surface area contributed by atoms with Crippen LogP contribution in [-0.4, -0.2) is 17.4 Å². The number of benzene rings is 1. The molecule has 1 N–H and O–H groups in total. The van der Waals surface area contributed by atoms with Crippen LogP contribution in [0.25, 0.3) is 0 Å². The van der Waals surface area contributed by atoms with Crippen LogP contribution in [0.4, 0.5) is 0 Å². The highest BCUT2D eigenvalue weighted by Gasteiger charge is 2.18. The molecule has 1 aromatic carbocycles. The fourth-order valence-corrected chi connectivity index (χ4v) is 1.50. The summed E-state index contributed by atoms with van der Waals surface area (Å²) in [6, 6.07) is 6.05. The van der Waals surface area contributed by atoms with Gasteiger partial charge >= 0.3 is 0 Å². The summed E-state index contributed by atoms with van der Waals surface area (Å²) in [4.78, 5) is 4.29. The Balaban J connectivity index is 3.14. The highest BCUT2D eigenvalue weighted by Crippen LogP contribution is 2.32. The van der Waals surface area contributed by atoms with Crippen molar-refractivity contribution in [3.63, 3.8) is 0 Å². The van der Waals surface area contributed by atoms with Crippen molar-refractivity contribution in [1.29, 1.82) is 0 Å². The molecular formula is C14H21NO. The van der Waals surface area contributed by atoms with Crippen molar-refractivity contribution in [2.45, 2.75) is 46.1 Å². The predicted octanol–water partition coefficient (Wildman–Crippen LogP) is 3.52. The van der Waals surface area contributed by atoms with Crippen LogP contribution >= 0.6 is 0 Å². The Morgan fingerprint density at radius 3 is 2.38 bits per heavy atom. The summed E-state index contributed by atoms with van der Waals surface area (Å²) in [6.07, 6.45) is 1.75. The maximum atomic E-state index is 10.1. The number of phenolic OH excluding ortho intramolecular Hbond substituents is 1. The third kappa shape index (κ3) is 3.09. The first-order chi connectivity index (χ1) is 7.32. The molecule has 0 atom stereocenters. The van der Waals surface area contributed by atoms with E-state index in [1.54, 1.807) is 6.21 Å². The summed E-state index contributed by atoms with van der Waals surface area (Å²) >= 11 is 0. The quantitative estimate of drug-likeness (QED) is 0.758. The van der Waals surface area contributed by atoms with Crippen molar-refractivity contribution in [3.05, 3.63) is 29.3 Å². The fraction of sp³-hybridized carbons (Fsp3) is 0.500. The average Bonchev–Trinajstić information content (AvgIpc) is 2.14. The summed E-state index contributed by atoms with van der Waals surface area (Å²) in [6.45, 7) is 10.3. The number of aromatic hydroxyl groups is 1. The molecule has 0 aliphatic rings. The van der Waals surface area contributed by atoms with Gasteiger partial charge < -0.3 is 5.11 Å². The summed E-state index contributed by atoms with van der Waals surface area (Å²) in [5, 5.41) is 10.1. The minimum atomic E-state index is -0.0498. The fourth-order valence-electron chi connectivity index (χ4n) is 1.50. The van der Waals surface area contributed by atoms with E-state index in [2.05, 4.69) is 25.8 Å². The van der Waals surface area contributed by atoms with Gasteiger partial charge in [0.15, 0.2) is 0 Å². The van der Waals surface area contributed by atoms with Gasteiger partial charge in [-0.1, -0.05) is 32.9 Å². The molecule has 0 heterocycles. The minimum absolute atomic E-state index is 0.0498. The van der Waals surface area contributed by atoms with Crippen LogP contribution in [0.15, 0.2) is 23.2 Å². The van der Waals surface area contributed by atoms with Gasteiger partial charge in [-0.15, -0.1) is 0 Å². The molecule has 88 valence electrons. The highest BCUT2D eigenvalue weighted by molar-refractivity contribution is 5.84. The van der Waals surface area contributed by atoms with Crippen molar-refractivity contribution in [3.8, 4) is 5.75 Å². The van der Waals surface area contributed by atoms with Crippen LogP contribution in [-0.2, 0) is 5.41 Å². The van der Waals surface area contributed by atoms with E-state index in [0.717, 1.165) is 11.1 Å². The Bertz CT molecular complexity index is 386. The third-order valence-electron chi connectivity index (χ3n) is 2.39.